The first kappa shape index (κ1) is 18.1. The van der Waals surface area contributed by atoms with Crippen molar-refractivity contribution in [1.82, 2.24) is 10.2 Å². The summed E-state index contributed by atoms with van der Waals surface area (Å²) < 4.78 is 62.9. The zero-order valence-electron chi connectivity index (χ0n) is 14.9. The number of anilines is 2. The first-order valence-corrected chi connectivity index (χ1v) is 8.28. The third kappa shape index (κ3) is 2.92. The molecule has 28 heavy (non-hydrogen) atoms. The molecule has 1 aliphatic rings. The van der Waals surface area contributed by atoms with E-state index in [9.17, 15) is 17.6 Å². The number of nitrogens with zero attached hydrogens (tertiary/aromatic N) is 1. The summed E-state index contributed by atoms with van der Waals surface area (Å²) in [5, 5.41) is 9.91. The van der Waals surface area contributed by atoms with Crippen molar-refractivity contribution in [3.05, 3.63) is 52.8 Å². The number of aromatic amines is 1. The van der Waals surface area contributed by atoms with Crippen molar-refractivity contribution < 1.29 is 27.0 Å². The van der Waals surface area contributed by atoms with Crippen molar-refractivity contribution in [3.8, 4) is 22.8 Å². The number of hydrogen-bond donors (Lipinski definition) is 2. The summed E-state index contributed by atoms with van der Waals surface area (Å²) in [7, 11) is 3.08. The van der Waals surface area contributed by atoms with Gasteiger partial charge in [-0.15, -0.1) is 0 Å². The van der Waals surface area contributed by atoms with Gasteiger partial charge in [-0.2, -0.15) is 18.3 Å². The van der Waals surface area contributed by atoms with Crippen LogP contribution >= 0.6 is 0 Å². The normalized spacial score (nSPS) is 12.5. The van der Waals surface area contributed by atoms with E-state index < -0.39 is 17.6 Å². The van der Waals surface area contributed by atoms with Crippen LogP contribution in [0.15, 0.2) is 30.3 Å². The van der Waals surface area contributed by atoms with Gasteiger partial charge in [0.05, 0.1) is 25.5 Å². The number of hydrogen-bond acceptors (Lipinski definition) is 4. The van der Waals surface area contributed by atoms with Crippen LogP contribution in [-0.4, -0.2) is 24.4 Å². The van der Waals surface area contributed by atoms with Gasteiger partial charge in [0.1, 0.15) is 5.82 Å². The summed E-state index contributed by atoms with van der Waals surface area (Å²) in [6.45, 7) is 0. The Kier molecular flexibility index (Phi) is 4.17. The maximum absolute atomic E-state index is 13.5. The molecular weight excluding hydrogens is 378 g/mol. The molecule has 0 radical (unpaired) electrons. The Balaban J connectivity index is 1.68. The van der Waals surface area contributed by atoms with Gasteiger partial charge in [0.25, 0.3) is 0 Å². The van der Waals surface area contributed by atoms with Gasteiger partial charge >= 0.3 is 6.18 Å². The lowest BCUT2D eigenvalue weighted by atomic mass is 10.1. The Morgan fingerprint density at radius 1 is 1.07 bits per heavy atom. The molecule has 1 heterocycles. The van der Waals surface area contributed by atoms with Crippen LogP contribution in [-0.2, 0) is 12.6 Å². The monoisotopic (exact) mass is 393 g/mol. The molecule has 0 atom stereocenters. The molecule has 3 aromatic rings. The molecule has 9 heteroatoms. The molecule has 5 nitrogen and oxygen atoms in total. The minimum Gasteiger partial charge on any atom is -0.493 e. The Labute approximate surface area is 157 Å². The zero-order chi connectivity index (χ0) is 20.1. The highest BCUT2D eigenvalue weighted by atomic mass is 19.4. The number of halogens is 4. The third-order valence-electron chi connectivity index (χ3n) is 4.65. The van der Waals surface area contributed by atoms with E-state index in [1.54, 1.807) is 7.11 Å². The van der Waals surface area contributed by atoms with E-state index in [2.05, 4.69) is 15.5 Å². The molecule has 1 aliphatic carbocycles. The lowest BCUT2D eigenvalue weighted by Crippen LogP contribution is -2.08. The van der Waals surface area contributed by atoms with Gasteiger partial charge in [-0.25, -0.2) is 4.39 Å². The molecule has 0 unspecified atom stereocenters. The average molecular weight is 393 g/mol. The summed E-state index contributed by atoms with van der Waals surface area (Å²) >= 11 is 0. The number of H-pyrrole nitrogens is 1. The van der Waals surface area contributed by atoms with Crippen molar-refractivity contribution >= 4 is 11.5 Å². The van der Waals surface area contributed by atoms with Gasteiger partial charge in [0.2, 0.25) is 0 Å². The molecular formula is C19H15F4N3O2. The van der Waals surface area contributed by atoms with Crippen LogP contribution in [0.25, 0.3) is 11.3 Å². The van der Waals surface area contributed by atoms with E-state index in [1.165, 1.54) is 13.2 Å². The number of alkyl halides is 3. The van der Waals surface area contributed by atoms with Gasteiger partial charge in [-0.3, -0.25) is 5.10 Å². The number of nitrogens with one attached hydrogen (secondary N) is 2. The van der Waals surface area contributed by atoms with Gasteiger partial charge < -0.3 is 14.8 Å². The maximum atomic E-state index is 13.5. The second-order valence-corrected chi connectivity index (χ2v) is 6.28. The predicted molar refractivity (Wildman–Crippen MR) is 94.6 cm³/mol. The minimum atomic E-state index is -4.78. The van der Waals surface area contributed by atoms with Crippen LogP contribution in [0, 0.1) is 5.82 Å². The second-order valence-electron chi connectivity index (χ2n) is 6.28. The molecule has 2 N–H and O–H groups in total. The largest absolute Gasteiger partial charge is 0.493 e. The fraction of sp³-hybridized carbons (Fsp3) is 0.211. The topological polar surface area (TPSA) is 59.2 Å². The summed E-state index contributed by atoms with van der Waals surface area (Å²) in [5.41, 5.74) is 2.15. The van der Waals surface area contributed by atoms with Crippen LogP contribution < -0.4 is 14.8 Å². The van der Waals surface area contributed by atoms with Crippen LogP contribution in [0.3, 0.4) is 0 Å². The Hall–Kier alpha value is -3.23. The average Bonchev–Trinajstić information content (AvgIpc) is 3.20. The van der Waals surface area contributed by atoms with Crippen LogP contribution in [0.2, 0.25) is 0 Å². The second kappa shape index (κ2) is 6.43. The highest BCUT2D eigenvalue weighted by Crippen LogP contribution is 2.44. The molecule has 0 spiro atoms. The minimum absolute atomic E-state index is 0.0918. The smallest absolute Gasteiger partial charge is 0.419 e. The molecule has 0 saturated carbocycles. The van der Waals surface area contributed by atoms with Gasteiger partial charge in [0, 0.05) is 23.2 Å². The number of aromatic nitrogens is 2. The standard InChI is InChI=1S/C19H15F4N3O2/c1-27-15-6-9-5-12-17(11(9)8-16(15)28-2)25-26-18(12)24-10-3-4-14(20)13(7-10)19(21,22)23/h3-4,6-8H,5H2,1-2H3,(H2,24,25,26). The Morgan fingerprint density at radius 2 is 1.79 bits per heavy atom. The lowest BCUT2D eigenvalue weighted by molar-refractivity contribution is -0.139. The summed E-state index contributed by atoms with van der Waals surface area (Å²) in [4.78, 5) is 0. The van der Waals surface area contributed by atoms with E-state index in [1.807, 2.05) is 12.1 Å². The fourth-order valence-corrected chi connectivity index (χ4v) is 3.31. The molecule has 146 valence electrons. The molecule has 2 aromatic carbocycles. The van der Waals surface area contributed by atoms with Gasteiger partial charge in [-0.1, -0.05) is 0 Å². The molecule has 0 aliphatic heterocycles. The molecule has 0 amide bonds. The number of benzene rings is 2. The first-order valence-electron chi connectivity index (χ1n) is 8.28. The van der Waals surface area contributed by atoms with Crippen molar-refractivity contribution in [2.24, 2.45) is 0 Å². The summed E-state index contributed by atoms with van der Waals surface area (Å²) in [5.74, 6) is 0.203. The number of ether oxygens (including phenoxy) is 2. The summed E-state index contributed by atoms with van der Waals surface area (Å²) in [6, 6.07) is 6.42. The number of methoxy groups -OCH3 is 2. The van der Waals surface area contributed by atoms with E-state index in [0.29, 0.717) is 23.7 Å². The SMILES string of the molecule is COc1cc2c(cc1OC)-c1[nH]nc(Nc3ccc(F)c(C(F)(F)F)c3)c1C2. The lowest BCUT2D eigenvalue weighted by Gasteiger charge is -2.11. The van der Waals surface area contributed by atoms with E-state index in [0.717, 1.165) is 34.5 Å². The molecule has 0 saturated heterocycles. The van der Waals surface area contributed by atoms with Gasteiger partial charge in [-0.05, 0) is 35.9 Å². The first-order chi connectivity index (χ1) is 13.3. The fourth-order valence-electron chi connectivity index (χ4n) is 3.31. The number of rotatable bonds is 4. The van der Waals surface area contributed by atoms with Crippen molar-refractivity contribution in [2.45, 2.75) is 12.6 Å². The van der Waals surface area contributed by atoms with E-state index in [-0.39, 0.29) is 5.69 Å². The highest BCUT2D eigenvalue weighted by Gasteiger charge is 2.34. The highest BCUT2D eigenvalue weighted by molar-refractivity contribution is 5.81. The number of fused-ring (bicyclic) bond motifs is 3. The summed E-state index contributed by atoms with van der Waals surface area (Å²) in [6.07, 6.45) is -4.27. The van der Waals surface area contributed by atoms with Crippen molar-refractivity contribution in [1.29, 1.82) is 0 Å². The molecule has 1 aromatic heterocycles. The van der Waals surface area contributed by atoms with Gasteiger partial charge in [0.15, 0.2) is 17.3 Å². The molecule has 0 fully saturated rings. The Morgan fingerprint density at radius 3 is 2.46 bits per heavy atom. The van der Waals surface area contributed by atoms with Crippen LogP contribution in [0.4, 0.5) is 29.1 Å². The zero-order valence-corrected chi connectivity index (χ0v) is 14.9. The molecule has 0 bridgehead atoms. The van der Waals surface area contributed by atoms with Crippen LogP contribution in [0.1, 0.15) is 16.7 Å². The maximum Gasteiger partial charge on any atom is 0.419 e. The quantitative estimate of drug-likeness (QED) is 0.484. The Bertz CT molecular complexity index is 1060. The predicted octanol–water partition coefficient (Wildman–Crippen LogP) is 4.90. The van der Waals surface area contributed by atoms with Crippen molar-refractivity contribution in [3.63, 3.8) is 0 Å². The third-order valence-corrected chi connectivity index (χ3v) is 4.65. The van der Waals surface area contributed by atoms with Crippen LogP contribution in [0.5, 0.6) is 11.5 Å². The van der Waals surface area contributed by atoms with E-state index >= 15 is 0 Å². The van der Waals surface area contributed by atoms with E-state index in [4.69, 9.17) is 9.47 Å². The molecule has 4 rings (SSSR count). The van der Waals surface area contributed by atoms with Crippen molar-refractivity contribution in [2.75, 3.05) is 19.5 Å².